The average molecular weight is 412 g/mol. The Balaban J connectivity index is 1.53. The summed E-state index contributed by atoms with van der Waals surface area (Å²) in [5, 5.41) is 1.86. The van der Waals surface area contributed by atoms with E-state index in [0.717, 1.165) is 28.3 Å². The van der Waals surface area contributed by atoms with Crippen LogP contribution in [0.1, 0.15) is 42.3 Å². The molecule has 1 atom stereocenters. The number of allylic oxidation sites excluding steroid dienone is 1. The lowest BCUT2D eigenvalue weighted by atomic mass is 10.0. The molecule has 30 heavy (non-hydrogen) atoms. The second kappa shape index (κ2) is 8.20. The minimum atomic E-state index is -0.241. The topological polar surface area (TPSA) is 78.8 Å². The van der Waals surface area contributed by atoms with Gasteiger partial charge in [0.15, 0.2) is 0 Å². The second-order valence-corrected chi connectivity index (χ2v) is 8.15. The van der Waals surface area contributed by atoms with E-state index in [-0.39, 0.29) is 18.1 Å². The molecule has 1 fully saturated rings. The molecule has 0 aromatic heterocycles. The van der Waals surface area contributed by atoms with Gasteiger partial charge >= 0.3 is 0 Å². The lowest BCUT2D eigenvalue weighted by molar-refractivity contribution is -0.0138. The van der Waals surface area contributed by atoms with Crippen molar-refractivity contribution >= 4 is 17.6 Å². The van der Waals surface area contributed by atoms with Crippen molar-refractivity contribution in [1.82, 2.24) is 15.3 Å². The molecule has 1 N–H and O–H groups in total. The summed E-state index contributed by atoms with van der Waals surface area (Å²) >= 11 is 0. The third kappa shape index (κ3) is 3.97. The normalized spacial score (nSPS) is 21.3. The van der Waals surface area contributed by atoms with Crippen molar-refractivity contribution in [3.05, 3.63) is 40.6 Å². The van der Waals surface area contributed by atoms with Crippen LogP contribution >= 0.6 is 0 Å². The number of guanidine groups is 1. The highest BCUT2D eigenvalue weighted by atomic mass is 16.5. The Hall–Kier alpha value is -2.71. The van der Waals surface area contributed by atoms with Crippen LogP contribution in [-0.2, 0) is 4.74 Å². The summed E-state index contributed by atoms with van der Waals surface area (Å²) in [6.07, 6.45) is 1.84. The molecule has 1 amide bonds. The van der Waals surface area contributed by atoms with Gasteiger partial charge < -0.3 is 14.4 Å². The number of amides is 1. The Morgan fingerprint density at radius 2 is 2.00 bits per heavy atom. The van der Waals surface area contributed by atoms with Gasteiger partial charge in [-0.1, -0.05) is 0 Å². The number of nitrogens with zero attached hydrogens (tertiary/aromatic N) is 4. The molecule has 0 bridgehead atoms. The number of carbonyl (C=O) groups excluding carboxylic acids is 1. The van der Waals surface area contributed by atoms with Gasteiger partial charge in [0.05, 0.1) is 25.0 Å². The molecule has 0 saturated carbocycles. The highest BCUT2D eigenvalue weighted by Crippen LogP contribution is 2.28. The van der Waals surface area contributed by atoms with Crippen molar-refractivity contribution in [2.24, 2.45) is 9.98 Å². The number of hydrogen-bond donors (Lipinski definition) is 1. The summed E-state index contributed by atoms with van der Waals surface area (Å²) in [6, 6.07) is 3.84. The van der Waals surface area contributed by atoms with Crippen LogP contribution in [0.15, 0.2) is 33.9 Å². The number of aryl methyl sites for hydroxylation is 2. The largest absolute Gasteiger partial charge is 0.490 e. The molecule has 1 saturated heterocycles. The Morgan fingerprint density at radius 3 is 2.70 bits per heavy atom. The zero-order valence-electron chi connectivity index (χ0n) is 18.2. The third-order valence-corrected chi connectivity index (χ3v) is 5.29. The fourth-order valence-corrected chi connectivity index (χ4v) is 4.01. The van der Waals surface area contributed by atoms with Gasteiger partial charge in [-0.05, 0) is 64.0 Å². The molecule has 8 nitrogen and oxygen atoms in total. The zero-order valence-corrected chi connectivity index (χ0v) is 18.2. The average Bonchev–Trinajstić information content (AvgIpc) is 3.17. The van der Waals surface area contributed by atoms with Crippen LogP contribution in [0, 0.1) is 13.8 Å². The van der Waals surface area contributed by atoms with Gasteiger partial charge in [-0.25, -0.2) is 20.4 Å². The first-order chi connectivity index (χ1) is 14.3. The summed E-state index contributed by atoms with van der Waals surface area (Å²) in [5.74, 6) is 1.51. The number of carbonyl (C=O) groups is 1. The van der Waals surface area contributed by atoms with Gasteiger partial charge in [0, 0.05) is 17.8 Å². The quantitative estimate of drug-likeness (QED) is 0.823. The fourth-order valence-electron chi connectivity index (χ4n) is 4.01. The number of hydrogen-bond acceptors (Lipinski definition) is 7. The van der Waals surface area contributed by atoms with E-state index in [1.54, 1.807) is 0 Å². The van der Waals surface area contributed by atoms with Crippen LogP contribution in [0.3, 0.4) is 0 Å². The van der Waals surface area contributed by atoms with E-state index in [2.05, 4.69) is 15.4 Å². The van der Waals surface area contributed by atoms with Crippen molar-refractivity contribution in [1.29, 1.82) is 0 Å². The molecule has 0 aliphatic carbocycles. The lowest BCUT2D eigenvalue weighted by Gasteiger charge is -2.37. The van der Waals surface area contributed by atoms with E-state index in [1.165, 1.54) is 0 Å². The SMILES string of the molecule is CC1=NC2=NCNN2C(C2CN(C(=O)c3cc(C)c(OC(C)C)c(C)c3)CCO2)=C1. The monoisotopic (exact) mass is 411 g/mol. The van der Waals surface area contributed by atoms with Crippen molar-refractivity contribution in [2.45, 2.75) is 46.8 Å². The number of rotatable bonds is 4. The first-order valence-corrected chi connectivity index (χ1v) is 10.4. The molecule has 3 heterocycles. The highest BCUT2D eigenvalue weighted by Gasteiger charge is 2.34. The van der Waals surface area contributed by atoms with Gasteiger partial charge in [0.25, 0.3) is 5.91 Å². The summed E-state index contributed by atoms with van der Waals surface area (Å²) < 4.78 is 11.9. The van der Waals surface area contributed by atoms with Crippen LogP contribution in [0.4, 0.5) is 0 Å². The molecule has 1 aromatic rings. The number of hydrazine groups is 1. The fraction of sp³-hybridized carbons (Fsp3) is 0.500. The van der Waals surface area contributed by atoms with Gasteiger partial charge in [-0.15, -0.1) is 0 Å². The van der Waals surface area contributed by atoms with Gasteiger partial charge in [-0.2, -0.15) is 0 Å². The molecule has 0 radical (unpaired) electrons. The number of aliphatic imine (C=N–C) groups is 2. The Labute approximate surface area is 177 Å². The van der Waals surface area contributed by atoms with Crippen molar-refractivity contribution < 1.29 is 14.3 Å². The summed E-state index contributed by atoms with van der Waals surface area (Å²) in [6.45, 7) is 11.9. The minimum Gasteiger partial charge on any atom is -0.490 e. The zero-order chi connectivity index (χ0) is 21.4. The van der Waals surface area contributed by atoms with Gasteiger partial charge in [0.2, 0.25) is 5.96 Å². The highest BCUT2D eigenvalue weighted by molar-refractivity contribution is 6.05. The van der Waals surface area contributed by atoms with Gasteiger partial charge in [0.1, 0.15) is 18.5 Å². The first-order valence-electron chi connectivity index (χ1n) is 10.4. The molecular formula is C22H29N5O3. The van der Waals surface area contributed by atoms with Crippen LogP contribution in [-0.4, -0.2) is 66.1 Å². The maximum absolute atomic E-state index is 13.3. The van der Waals surface area contributed by atoms with Crippen molar-refractivity contribution in [3.63, 3.8) is 0 Å². The summed E-state index contributed by atoms with van der Waals surface area (Å²) in [7, 11) is 0. The van der Waals surface area contributed by atoms with E-state index in [9.17, 15) is 4.79 Å². The summed E-state index contributed by atoms with van der Waals surface area (Å²) in [4.78, 5) is 24.0. The van der Waals surface area contributed by atoms with E-state index in [1.807, 2.05) is 62.7 Å². The second-order valence-electron chi connectivity index (χ2n) is 8.15. The van der Waals surface area contributed by atoms with E-state index in [0.29, 0.717) is 37.9 Å². The van der Waals surface area contributed by atoms with Crippen LogP contribution < -0.4 is 10.2 Å². The maximum Gasteiger partial charge on any atom is 0.254 e. The standard InChI is InChI=1S/C22H29N5O3/c1-13(2)30-20-14(3)8-17(9-15(20)4)21(28)26-6-7-29-19(11-26)18-10-16(5)25-22-23-12-24-27(18)22/h8-10,13,19,24H,6-7,11-12H2,1-5H3. The maximum atomic E-state index is 13.3. The number of morpholine rings is 1. The van der Waals surface area contributed by atoms with Gasteiger partial charge in [-0.3, -0.25) is 4.79 Å². The Morgan fingerprint density at radius 1 is 1.27 bits per heavy atom. The Kier molecular flexibility index (Phi) is 5.62. The molecular weight excluding hydrogens is 382 g/mol. The Bertz CT molecular complexity index is 927. The molecule has 4 rings (SSSR count). The number of benzene rings is 1. The molecule has 160 valence electrons. The molecule has 1 unspecified atom stereocenters. The predicted molar refractivity (Wildman–Crippen MR) is 116 cm³/mol. The smallest absolute Gasteiger partial charge is 0.254 e. The van der Waals surface area contributed by atoms with Crippen LogP contribution in [0.2, 0.25) is 0 Å². The number of ether oxygens (including phenoxy) is 2. The predicted octanol–water partition coefficient (Wildman–Crippen LogP) is 2.42. The minimum absolute atomic E-state index is 0.00988. The van der Waals surface area contributed by atoms with E-state index in [4.69, 9.17) is 9.47 Å². The first kappa shape index (κ1) is 20.6. The molecule has 3 aliphatic heterocycles. The number of nitrogens with one attached hydrogen (secondary N) is 1. The lowest BCUT2D eigenvalue weighted by Crippen LogP contribution is -2.51. The third-order valence-electron chi connectivity index (χ3n) is 5.29. The van der Waals surface area contributed by atoms with Crippen LogP contribution in [0.5, 0.6) is 5.75 Å². The van der Waals surface area contributed by atoms with E-state index < -0.39 is 0 Å². The van der Waals surface area contributed by atoms with Crippen LogP contribution in [0.25, 0.3) is 0 Å². The molecule has 0 spiro atoms. The summed E-state index contributed by atoms with van der Waals surface area (Å²) in [5.41, 5.74) is 7.63. The van der Waals surface area contributed by atoms with Crippen molar-refractivity contribution in [3.8, 4) is 5.75 Å². The van der Waals surface area contributed by atoms with Crippen molar-refractivity contribution in [2.75, 3.05) is 26.4 Å². The van der Waals surface area contributed by atoms with E-state index >= 15 is 0 Å². The molecule has 8 heteroatoms. The molecule has 3 aliphatic rings. The number of fused-ring (bicyclic) bond motifs is 1. The molecule has 1 aromatic carbocycles.